The summed E-state index contributed by atoms with van der Waals surface area (Å²) in [7, 11) is 0. The van der Waals surface area contributed by atoms with Crippen LogP contribution in [0.3, 0.4) is 0 Å². The lowest BCUT2D eigenvalue weighted by molar-refractivity contribution is 1.13. The van der Waals surface area contributed by atoms with Gasteiger partial charge in [-0.1, -0.05) is 42.5 Å². The van der Waals surface area contributed by atoms with E-state index in [0.717, 1.165) is 17.1 Å². The summed E-state index contributed by atoms with van der Waals surface area (Å²) >= 11 is 0. The lowest BCUT2D eigenvalue weighted by Gasteiger charge is -2.12. The van der Waals surface area contributed by atoms with Crippen molar-refractivity contribution in [3.63, 3.8) is 0 Å². The molecule has 0 bridgehead atoms. The third-order valence-electron chi connectivity index (χ3n) is 4.51. The van der Waals surface area contributed by atoms with Crippen LogP contribution >= 0.6 is 0 Å². The van der Waals surface area contributed by atoms with Crippen LogP contribution in [0.5, 0.6) is 0 Å². The minimum atomic E-state index is 0.875. The molecule has 25 heavy (non-hydrogen) atoms. The molecule has 118 valence electrons. The molecule has 0 aliphatic heterocycles. The van der Waals surface area contributed by atoms with Gasteiger partial charge >= 0.3 is 0 Å². The molecule has 3 nitrogen and oxygen atoms in total. The molecule has 5 rings (SSSR count). The van der Waals surface area contributed by atoms with Gasteiger partial charge in [0.2, 0.25) is 0 Å². The van der Waals surface area contributed by atoms with E-state index in [-0.39, 0.29) is 0 Å². The Balaban J connectivity index is 1.92. The van der Waals surface area contributed by atoms with E-state index in [1.54, 1.807) is 6.20 Å². The van der Waals surface area contributed by atoms with Crippen LogP contribution in [0, 0.1) is 0 Å². The maximum absolute atomic E-state index is 4.64. The summed E-state index contributed by atoms with van der Waals surface area (Å²) in [6, 6.07) is 27.0. The van der Waals surface area contributed by atoms with E-state index in [0.29, 0.717) is 0 Å². The zero-order valence-electron chi connectivity index (χ0n) is 13.5. The van der Waals surface area contributed by atoms with Crippen molar-refractivity contribution in [2.45, 2.75) is 0 Å². The standard InChI is InChI=1S/C22H15N3/c1-3-11-19-16(8-1)17-9-2-4-12-20(17)25(19)21-13-7-15-24-22(21)18-10-5-6-14-23-18/h1-15H. The number of hydrogen-bond donors (Lipinski definition) is 0. The molecule has 0 saturated carbocycles. The van der Waals surface area contributed by atoms with Crippen molar-refractivity contribution in [1.82, 2.24) is 14.5 Å². The summed E-state index contributed by atoms with van der Waals surface area (Å²) in [5, 5.41) is 2.49. The van der Waals surface area contributed by atoms with E-state index >= 15 is 0 Å². The minimum Gasteiger partial charge on any atom is -0.307 e. The lowest BCUT2D eigenvalue weighted by Crippen LogP contribution is -1.99. The number of rotatable bonds is 2. The number of hydrogen-bond acceptors (Lipinski definition) is 2. The van der Waals surface area contributed by atoms with Crippen LogP contribution in [0.25, 0.3) is 38.9 Å². The zero-order chi connectivity index (χ0) is 16.6. The predicted molar refractivity (Wildman–Crippen MR) is 102 cm³/mol. The summed E-state index contributed by atoms with van der Waals surface area (Å²) in [4.78, 5) is 9.14. The molecule has 0 fully saturated rings. The molecule has 3 heterocycles. The fourth-order valence-electron chi connectivity index (χ4n) is 3.46. The molecule has 5 aromatic rings. The van der Waals surface area contributed by atoms with Gasteiger partial charge in [-0.3, -0.25) is 9.97 Å². The SMILES string of the molecule is c1ccc(-c2ncccc2-n2c3ccccc3c3ccccc32)nc1. The normalized spacial score (nSPS) is 11.2. The summed E-state index contributed by atoms with van der Waals surface area (Å²) in [5.74, 6) is 0. The topological polar surface area (TPSA) is 30.7 Å². The number of para-hydroxylation sites is 2. The Labute approximate surface area is 145 Å². The molecule has 0 unspecified atom stereocenters. The second-order valence-corrected chi connectivity index (χ2v) is 5.96. The van der Waals surface area contributed by atoms with Crippen molar-refractivity contribution in [2.24, 2.45) is 0 Å². The van der Waals surface area contributed by atoms with Crippen molar-refractivity contribution >= 4 is 21.8 Å². The van der Waals surface area contributed by atoms with Gasteiger partial charge in [0.15, 0.2) is 0 Å². The van der Waals surface area contributed by atoms with Crippen LogP contribution in [0.1, 0.15) is 0 Å². The van der Waals surface area contributed by atoms with Crippen LogP contribution in [0.4, 0.5) is 0 Å². The molecule has 0 atom stereocenters. The van der Waals surface area contributed by atoms with Gasteiger partial charge in [-0.2, -0.15) is 0 Å². The number of pyridine rings is 2. The maximum Gasteiger partial charge on any atom is 0.113 e. The third kappa shape index (κ3) is 2.13. The van der Waals surface area contributed by atoms with Gasteiger partial charge in [0.1, 0.15) is 5.69 Å². The number of nitrogens with zero attached hydrogens (tertiary/aromatic N) is 3. The largest absolute Gasteiger partial charge is 0.307 e. The highest BCUT2D eigenvalue weighted by Gasteiger charge is 2.15. The van der Waals surface area contributed by atoms with Gasteiger partial charge in [0, 0.05) is 23.2 Å². The second-order valence-electron chi connectivity index (χ2n) is 5.96. The van der Waals surface area contributed by atoms with Crippen molar-refractivity contribution in [3.05, 3.63) is 91.3 Å². The lowest BCUT2D eigenvalue weighted by atomic mass is 10.2. The zero-order valence-corrected chi connectivity index (χ0v) is 13.5. The van der Waals surface area contributed by atoms with E-state index in [1.165, 1.54) is 21.8 Å². The van der Waals surface area contributed by atoms with Gasteiger partial charge in [0.25, 0.3) is 0 Å². The van der Waals surface area contributed by atoms with Crippen LogP contribution in [-0.2, 0) is 0 Å². The molecule has 3 aromatic heterocycles. The summed E-state index contributed by atoms with van der Waals surface area (Å²) < 4.78 is 2.28. The summed E-state index contributed by atoms with van der Waals surface area (Å²) in [5.41, 5.74) is 5.15. The maximum atomic E-state index is 4.64. The third-order valence-corrected chi connectivity index (χ3v) is 4.51. The van der Waals surface area contributed by atoms with Gasteiger partial charge in [-0.25, -0.2) is 0 Å². The van der Waals surface area contributed by atoms with E-state index in [4.69, 9.17) is 0 Å². The fraction of sp³-hybridized carbons (Fsp3) is 0. The molecule has 0 spiro atoms. The Bertz CT molecular complexity index is 1140. The Kier molecular flexibility index (Phi) is 3.10. The van der Waals surface area contributed by atoms with Crippen molar-refractivity contribution in [1.29, 1.82) is 0 Å². The van der Waals surface area contributed by atoms with Crippen LogP contribution in [0.15, 0.2) is 91.3 Å². The number of benzene rings is 2. The smallest absolute Gasteiger partial charge is 0.113 e. The van der Waals surface area contributed by atoms with Gasteiger partial charge in [-0.05, 0) is 36.4 Å². The highest BCUT2D eigenvalue weighted by molar-refractivity contribution is 6.09. The second kappa shape index (κ2) is 5.56. The Morgan fingerprint density at radius 2 is 1.20 bits per heavy atom. The Hall–Kier alpha value is -3.46. The molecule has 2 aromatic carbocycles. The van der Waals surface area contributed by atoms with Crippen molar-refractivity contribution < 1.29 is 0 Å². The average molecular weight is 321 g/mol. The predicted octanol–water partition coefficient (Wildman–Crippen LogP) is 5.24. The van der Waals surface area contributed by atoms with Gasteiger partial charge in [0.05, 0.1) is 22.4 Å². The molecule has 0 aliphatic rings. The molecular formula is C22H15N3. The fourth-order valence-corrected chi connectivity index (χ4v) is 3.46. The molecule has 0 saturated heterocycles. The molecule has 0 amide bonds. The first-order valence-corrected chi connectivity index (χ1v) is 8.28. The van der Waals surface area contributed by atoms with E-state index in [2.05, 4.69) is 69.1 Å². The van der Waals surface area contributed by atoms with E-state index < -0.39 is 0 Å². The molecule has 0 aliphatic carbocycles. The first-order chi connectivity index (χ1) is 12.4. The van der Waals surface area contributed by atoms with Gasteiger partial charge < -0.3 is 4.57 Å². The van der Waals surface area contributed by atoms with E-state index in [1.807, 2.05) is 30.5 Å². The monoisotopic (exact) mass is 321 g/mol. The molecule has 0 radical (unpaired) electrons. The van der Waals surface area contributed by atoms with Crippen molar-refractivity contribution in [2.75, 3.05) is 0 Å². The van der Waals surface area contributed by atoms with Gasteiger partial charge in [-0.15, -0.1) is 0 Å². The molecule has 0 N–H and O–H groups in total. The van der Waals surface area contributed by atoms with Crippen LogP contribution in [-0.4, -0.2) is 14.5 Å². The first-order valence-electron chi connectivity index (χ1n) is 8.28. The highest BCUT2D eigenvalue weighted by Crippen LogP contribution is 2.34. The quantitative estimate of drug-likeness (QED) is 0.445. The molecular weight excluding hydrogens is 306 g/mol. The summed E-state index contributed by atoms with van der Waals surface area (Å²) in [6.07, 6.45) is 3.63. The average Bonchev–Trinajstić information content (AvgIpc) is 3.03. The molecule has 3 heteroatoms. The number of aromatic nitrogens is 3. The van der Waals surface area contributed by atoms with Crippen molar-refractivity contribution in [3.8, 4) is 17.1 Å². The van der Waals surface area contributed by atoms with E-state index in [9.17, 15) is 0 Å². The van der Waals surface area contributed by atoms with Crippen LogP contribution in [0.2, 0.25) is 0 Å². The highest BCUT2D eigenvalue weighted by atomic mass is 15.0. The number of fused-ring (bicyclic) bond motifs is 3. The van der Waals surface area contributed by atoms with Crippen LogP contribution < -0.4 is 0 Å². The Morgan fingerprint density at radius 1 is 0.560 bits per heavy atom. The summed E-state index contributed by atoms with van der Waals surface area (Å²) in [6.45, 7) is 0. The minimum absolute atomic E-state index is 0.875. The first kappa shape index (κ1) is 13.9. The Morgan fingerprint density at radius 3 is 1.88 bits per heavy atom.